The molecule has 5 nitrogen and oxygen atoms in total. The Morgan fingerprint density at radius 3 is 2.74 bits per heavy atom. The summed E-state index contributed by atoms with van der Waals surface area (Å²) in [5.41, 5.74) is 0.842. The molecule has 0 aliphatic heterocycles. The number of carbonyl (C=O) groups is 1. The van der Waals surface area contributed by atoms with Crippen LogP contribution in [0.1, 0.15) is 31.1 Å². The molecule has 0 atom stereocenters. The van der Waals surface area contributed by atoms with Gasteiger partial charge in [-0.1, -0.05) is 49.4 Å². The summed E-state index contributed by atoms with van der Waals surface area (Å²) in [7, 11) is 0. The molecule has 2 aromatic rings. The Balaban J connectivity index is 1.87. The van der Waals surface area contributed by atoms with E-state index in [2.05, 4.69) is 5.16 Å². The molecule has 0 saturated heterocycles. The van der Waals surface area contributed by atoms with Crippen molar-refractivity contribution in [2.75, 3.05) is 13.1 Å². The van der Waals surface area contributed by atoms with Crippen molar-refractivity contribution in [3.63, 3.8) is 0 Å². The van der Waals surface area contributed by atoms with Crippen LogP contribution >= 0.6 is 0 Å². The smallest absolute Gasteiger partial charge is 0.280 e. The minimum Gasteiger partial charge on any atom is -0.384 e. The Labute approximate surface area is 135 Å². The number of carbonyl (C=O) groups excluding carboxylic acids is 1. The number of aryl methyl sites for hydroxylation is 1. The molecule has 0 unspecified atom stereocenters. The lowest BCUT2D eigenvalue weighted by Gasteiger charge is -2.20. The van der Waals surface area contributed by atoms with Gasteiger partial charge < -0.3 is 9.42 Å². The van der Waals surface area contributed by atoms with Gasteiger partial charge in [0.1, 0.15) is 5.76 Å². The minimum absolute atomic E-state index is 0.0633. The van der Waals surface area contributed by atoms with E-state index in [1.165, 1.54) is 6.07 Å². The van der Waals surface area contributed by atoms with Crippen LogP contribution in [0.4, 0.5) is 0 Å². The van der Waals surface area contributed by atoms with Gasteiger partial charge in [0.2, 0.25) is 5.91 Å². The third-order valence-electron chi connectivity index (χ3n) is 3.44. The first kappa shape index (κ1) is 16.8. The van der Waals surface area contributed by atoms with E-state index in [1.54, 1.807) is 0 Å². The summed E-state index contributed by atoms with van der Waals surface area (Å²) in [5.74, 6) is 0.577. The molecule has 0 aliphatic carbocycles. The van der Waals surface area contributed by atoms with Crippen LogP contribution in [0.2, 0.25) is 0 Å². The highest BCUT2D eigenvalue weighted by atomic mass is 16.5. The summed E-state index contributed by atoms with van der Waals surface area (Å²) >= 11 is 0. The minimum atomic E-state index is -0.274. The van der Waals surface area contributed by atoms with E-state index in [-0.39, 0.29) is 11.5 Å². The molecule has 1 heterocycles. The molecule has 1 aromatic carbocycles. The van der Waals surface area contributed by atoms with Gasteiger partial charge in [-0.05, 0) is 12.0 Å². The van der Waals surface area contributed by atoms with E-state index in [1.807, 2.05) is 54.3 Å². The molecule has 0 saturated carbocycles. The molecule has 1 aromatic heterocycles. The van der Waals surface area contributed by atoms with Crippen LogP contribution in [0.5, 0.6) is 0 Å². The summed E-state index contributed by atoms with van der Waals surface area (Å²) in [6.45, 7) is 3.35. The van der Waals surface area contributed by atoms with Crippen molar-refractivity contribution in [2.45, 2.75) is 26.2 Å². The number of hydrogen-bond acceptors (Lipinski definition) is 3. The highest BCUT2D eigenvalue weighted by Crippen LogP contribution is 2.05. The van der Waals surface area contributed by atoms with Crippen LogP contribution in [-0.2, 0) is 11.2 Å². The molecular formula is C18H22N2O3. The summed E-state index contributed by atoms with van der Waals surface area (Å²) in [4.78, 5) is 25.1. The first-order valence-electron chi connectivity index (χ1n) is 7.86. The first-order valence-corrected chi connectivity index (χ1v) is 7.86. The number of benzene rings is 1. The lowest BCUT2D eigenvalue weighted by molar-refractivity contribution is -0.130. The molecule has 122 valence electrons. The lowest BCUT2D eigenvalue weighted by Crippen LogP contribution is -2.32. The zero-order chi connectivity index (χ0) is 16.5. The normalized spacial score (nSPS) is 11.0. The fourth-order valence-corrected chi connectivity index (χ4v) is 2.30. The second-order valence-electron chi connectivity index (χ2n) is 5.33. The third-order valence-corrected chi connectivity index (χ3v) is 3.44. The van der Waals surface area contributed by atoms with E-state index in [9.17, 15) is 9.59 Å². The van der Waals surface area contributed by atoms with Gasteiger partial charge in [0.25, 0.3) is 5.56 Å². The second-order valence-corrected chi connectivity index (χ2v) is 5.33. The molecule has 0 spiro atoms. The second kappa shape index (κ2) is 8.78. The molecule has 1 amide bonds. The Hall–Kier alpha value is -2.56. The van der Waals surface area contributed by atoms with Gasteiger partial charge in [0, 0.05) is 32.0 Å². The quantitative estimate of drug-likeness (QED) is 0.815. The molecule has 0 bridgehead atoms. The molecule has 2 rings (SSSR count). The van der Waals surface area contributed by atoms with E-state index in [0.717, 1.165) is 18.5 Å². The number of hydrogen-bond donors (Lipinski definition) is 1. The van der Waals surface area contributed by atoms with Crippen LogP contribution in [0.3, 0.4) is 0 Å². The fraction of sp³-hybridized carbons (Fsp3) is 0.333. The number of H-pyrrole nitrogens is 1. The van der Waals surface area contributed by atoms with Crippen molar-refractivity contribution in [3.8, 4) is 0 Å². The van der Waals surface area contributed by atoms with Gasteiger partial charge in [-0.3, -0.25) is 9.59 Å². The first-order chi connectivity index (χ1) is 11.2. The average molecular weight is 314 g/mol. The zero-order valence-corrected chi connectivity index (χ0v) is 13.3. The van der Waals surface area contributed by atoms with Crippen molar-refractivity contribution in [2.24, 2.45) is 0 Å². The van der Waals surface area contributed by atoms with Crippen molar-refractivity contribution in [1.29, 1.82) is 0 Å². The Morgan fingerprint density at radius 2 is 2.09 bits per heavy atom. The topological polar surface area (TPSA) is 66.3 Å². The van der Waals surface area contributed by atoms with Crippen LogP contribution in [0.15, 0.2) is 51.8 Å². The van der Waals surface area contributed by atoms with Gasteiger partial charge in [0.15, 0.2) is 0 Å². The summed E-state index contributed by atoms with van der Waals surface area (Å²) in [5, 5.41) is 2.23. The van der Waals surface area contributed by atoms with Crippen LogP contribution in [-0.4, -0.2) is 29.1 Å². The van der Waals surface area contributed by atoms with Gasteiger partial charge in [-0.15, -0.1) is 0 Å². The molecular weight excluding hydrogens is 292 g/mol. The summed E-state index contributed by atoms with van der Waals surface area (Å²) < 4.78 is 4.97. The monoisotopic (exact) mass is 314 g/mol. The molecule has 0 aliphatic rings. The van der Waals surface area contributed by atoms with Gasteiger partial charge in [0.05, 0.1) is 0 Å². The van der Waals surface area contributed by atoms with Gasteiger partial charge in [-0.25, -0.2) is 0 Å². The van der Waals surface area contributed by atoms with Crippen molar-refractivity contribution in [3.05, 3.63) is 64.2 Å². The number of nitrogens with zero attached hydrogens (tertiary/aromatic N) is 1. The Kier molecular flexibility index (Phi) is 6.41. The van der Waals surface area contributed by atoms with E-state index in [0.29, 0.717) is 25.1 Å². The Morgan fingerprint density at radius 1 is 1.30 bits per heavy atom. The van der Waals surface area contributed by atoms with Crippen molar-refractivity contribution >= 4 is 12.0 Å². The molecule has 0 fully saturated rings. The van der Waals surface area contributed by atoms with E-state index < -0.39 is 0 Å². The van der Waals surface area contributed by atoms with Crippen LogP contribution < -0.4 is 5.56 Å². The third kappa shape index (κ3) is 5.62. The Bertz CT molecular complexity index is 686. The summed E-state index contributed by atoms with van der Waals surface area (Å²) in [6.07, 6.45) is 5.69. The van der Waals surface area contributed by atoms with Crippen LogP contribution in [0, 0.1) is 0 Å². The van der Waals surface area contributed by atoms with Gasteiger partial charge >= 0.3 is 0 Å². The predicted octanol–water partition coefficient (Wildman–Crippen LogP) is 2.85. The fourth-order valence-electron chi connectivity index (χ4n) is 2.30. The highest BCUT2D eigenvalue weighted by Gasteiger charge is 2.12. The SMILES string of the molecule is CCCN(C/C=C/c1ccccc1)C(=O)CCc1cc(=O)[nH]o1. The highest BCUT2D eigenvalue weighted by molar-refractivity contribution is 5.76. The average Bonchev–Trinajstić information content (AvgIpc) is 2.98. The standard InChI is InChI=1S/C18H22N2O3/c1-2-12-20(13-6-9-15-7-4-3-5-8-15)18(22)11-10-16-14-17(21)19-23-16/h3-9,14H,2,10-13H2,1H3,(H,19,21)/b9-6+. The molecule has 23 heavy (non-hydrogen) atoms. The van der Waals surface area contributed by atoms with E-state index >= 15 is 0 Å². The van der Waals surface area contributed by atoms with Crippen molar-refractivity contribution < 1.29 is 9.32 Å². The number of aromatic nitrogens is 1. The maximum atomic E-state index is 12.3. The number of aromatic amines is 1. The van der Waals surface area contributed by atoms with Crippen molar-refractivity contribution in [1.82, 2.24) is 10.1 Å². The predicted molar refractivity (Wildman–Crippen MR) is 90.0 cm³/mol. The zero-order valence-electron chi connectivity index (χ0n) is 13.3. The molecule has 5 heteroatoms. The van der Waals surface area contributed by atoms with E-state index in [4.69, 9.17) is 4.52 Å². The number of rotatable bonds is 8. The maximum absolute atomic E-state index is 12.3. The lowest BCUT2D eigenvalue weighted by atomic mass is 10.2. The molecule has 1 N–H and O–H groups in total. The summed E-state index contributed by atoms with van der Waals surface area (Å²) in [6, 6.07) is 11.4. The number of amides is 1. The molecule has 0 radical (unpaired) electrons. The maximum Gasteiger partial charge on any atom is 0.280 e. The number of nitrogens with one attached hydrogen (secondary N) is 1. The van der Waals surface area contributed by atoms with Gasteiger partial charge in [-0.2, -0.15) is 5.16 Å². The largest absolute Gasteiger partial charge is 0.384 e. The van der Waals surface area contributed by atoms with Crippen LogP contribution in [0.25, 0.3) is 6.08 Å².